The first kappa shape index (κ1) is 19.5. The molecule has 146 valence electrons. The van der Waals surface area contributed by atoms with Gasteiger partial charge in [-0.15, -0.1) is 0 Å². The van der Waals surface area contributed by atoms with E-state index in [4.69, 9.17) is 14.2 Å². The molecular formula is C22H23NO5. The fourth-order valence-corrected chi connectivity index (χ4v) is 2.82. The number of amides is 1. The van der Waals surface area contributed by atoms with Crippen LogP contribution in [0.2, 0.25) is 0 Å². The highest BCUT2D eigenvalue weighted by molar-refractivity contribution is 5.95. The first-order valence-corrected chi connectivity index (χ1v) is 9.13. The van der Waals surface area contributed by atoms with Gasteiger partial charge in [0.2, 0.25) is 0 Å². The van der Waals surface area contributed by atoms with Gasteiger partial charge in [0, 0.05) is 18.2 Å². The summed E-state index contributed by atoms with van der Waals surface area (Å²) in [6.07, 6.45) is 3.72. The number of para-hydroxylation sites is 1. The van der Waals surface area contributed by atoms with Crippen LogP contribution in [0.15, 0.2) is 42.5 Å². The van der Waals surface area contributed by atoms with Crippen LogP contribution in [0.5, 0.6) is 11.5 Å². The molecule has 1 heterocycles. The van der Waals surface area contributed by atoms with Crippen molar-refractivity contribution >= 4 is 23.6 Å². The molecule has 3 rings (SSSR count). The van der Waals surface area contributed by atoms with E-state index >= 15 is 0 Å². The van der Waals surface area contributed by atoms with E-state index < -0.39 is 5.97 Å². The lowest BCUT2D eigenvalue weighted by Crippen LogP contribution is -2.21. The number of carbonyl (C=O) groups excluding carboxylic acids is 2. The van der Waals surface area contributed by atoms with E-state index in [9.17, 15) is 9.59 Å². The zero-order valence-electron chi connectivity index (χ0n) is 16.0. The average Bonchev–Trinajstić information content (AvgIpc) is 2.92. The molecule has 6 heteroatoms. The number of ether oxygens (including phenoxy) is 3. The molecule has 0 spiro atoms. The maximum absolute atomic E-state index is 12.0. The van der Waals surface area contributed by atoms with Gasteiger partial charge in [0.05, 0.1) is 13.2 Å². The lowest BCUT2D eigenvalue weighted by atomic mass is 10.1. The molecular weight excluding hydrogens is 358 g/mol. The van der Waals surface area contributed by atoms with Gasteiger partial charge in [0.1, 0.15) is 0 Å². The van der Waals surface area contributed by atoms with Gasteiger partial charge in [-0.1, -0.05) is 24.3 Å². The van der Waals surface area contributed by atoms with Crippen molar-refractivity contribution in [3.05, 3.63) is 59.2 Å². The molecule has 1 amide bonds. The molecule has 0 saturated heterocycles. The van der Waals surface area contributed by atoms with Crippen LogP contribution in [0.3, 0.4) is 0 Å². The normalized spacial score (nSPS) is 13.1. The Morgan fingerprint density at radius 3 is 2.54 bits per heavy atom. The van der Waals surface area contributed by atoms with Crippen LogP contribution in [0, 0.1) is 13.8 Å². The van der Waals surface area contributed by atoms with Gasteiger partial charge in [-0.3, -0.25) is 4.79 Å². The average molecular weight is 381 g/mol. The molecule has 0 radical (unpaired) electrons. The summed E-state index contributed by atoms with van der Waals surface area (Å²) in [6, 6.07) is 11.2. The van der Waals surface area contributed by atoms with E-state index in [0.717, 1.165) is 28.8 Å². The van der Waals surface area contributed by atoms with Crippen molar-refractivity contribution in [2.45, 2.75) is 20.3 Å². The number of rotatable bonds is 5. The summed E-state index contributed by atoms with van der Waals surface area (Å²) >= 11 is 0. The number of esters is 1. The maximum atomic E-state index is 12.0. The van der Waals surface area contributed by atoms with Gasteiger partial charge in [-0.05, 0) is 48.7 Å². The lowest BCUT2D eigenvalue weighted by molar-refractivity contribution is -0.142. The van der Waals surface area contributed by atoms with Crippen molar-refractivity contribution in [3.63, 3.8) is 0 Å². The maximum Gasteiger partial charge on any atom is 0.331 e. The predicted octanol–water partition coefficient (Wildman–Crippen LogP) is 3.66. The molecule has 1 aliphatic heterocycles. The number of nitrogens with one attached hydrogen (secondary N) is 1. The standard InChI is InChI=1S/C22H23NO5/c1-15-5-3-6-16(2)22(15)23-20(24)14-28-21(25)10-8-17-7-9-18-19(13-17)27-12-4-11-26-18/h3,5-10,13H,4,11-12,14H2,1-2H3,(H,23,24)/b10-8+. The summed E-state index contributed by atoms with van der Waals surface area (Å²) < 4.78 is 16.2. The smallest absolute Gasteiger partial charge is 0.331 e. The molecule has 0 unspecified atom stereocenters. The molecule has 1 aliphatic rings. The van der Waals surface area contributed by atoms with Gasteiger partial charge in [-0.25, -0.2) is 4.79 Å². The Labute approximate surface area is 164 Å². The van der Waals surface area contributed by atoms with Crippen LogP contribution in [0.4, 0.5) is 5.69 Å². The Kier molecular flexibility index (Phi) is 6.32. The van der Waals surface area contributed by atoms with Crippen LogP contribution in [0.25, 0.3) is 6.08 Å². The van der Waals surface area contributed by atoms with Crippen molar-refractivity contribution in [1.29, 1.82) is 0 Å². The zero-order chi connectivity index (χ0) is 19.9. The van der Waals surface area contributed by atoms with Gasteiger partial charge in [-0.2, -0.15) is 0 Å². The second kappa shape index (κ2) is 9.08. The minimum absolute atomic E-state index is 0.349. The molecule has 0 atom stereocenters. The lowest BCUT2D eigenvalue weighted by Gasteiger charge is -2.11. The minimum atomic E-state index is -0.594. The number of hydrogen-bond donors (Lipinski definition) is 1. The molecule has 0 bridgehead atoms. The molecule has 0 aromatic heterocycles. The molecule has 2 aromatic rings. The fourth-order valence-electron chi connectivity index (χ4n) is 2.82. The Morgan fingerprint density at radius 1 is 1.07 bits per heavy atom. The van der Waals surface area contributed by atoms with Gasteiger partial charge < -0.3 is 19.5 Å². The Balaban J connectivity index is 1.53. The monoisotopic (exact) mass is 381 g/mol. The number of aryl methyl sites for hydroxylation is 2. The van der Waals surface area contributed by atoms with E-state index in [0.29, 0.717) is 24.7 Å². The van der Waals surface area contributed by atoms with Crippen LogP contribution in [-0.4, -0.2) is 31.7 Å². The Morgan fingerprint density at radius 2 is 1.79 bits per heavy atom. The van der Waals surface area contributed by atoms with E-state index in [1.54, 1.807) is 12.1 Å². The van der Waals surface area contributed by atoms with E-state index in [1.807, 2.05) is 44.2 Å². The highest BCUT2D eigenvalue weighted by atomic mass is 16.5. The highest BCUT2D eigenvalue weighted by Crippen LogP contribution is 2.30. The van der Waals surface area contributed by atoms with Crippen molar-refractivity contribution in [1.82, 2.24) is 0 Å². The van der Waals surface area contributed by atoms with E-state index in [-0.39, 0.29) is 12.5 Å². The molecule has 0 fully saturated rings. The second-order valence-electron chi connectivity index (χ2n) is 6.51. The summed E-state index contributed by atoms with van der Waals surface area (Å²) in [5.74, 6) is 0.375. The first-order chi connectivity index (χ1) is 13.5. The number of anilines is 1. The molecule has 0 saturated carbocycles. The molecule has 6 nitrogen and oxygen atoms in total. The number of carbonyl (C=O) groups is 2. The fraction of sp³-hybridized carbons (Fsp3) is 0.273. The summed E-state index contributed by atoms with van der Waals surface area (Å²) in [5, 5.41) is 2.78. The Hall–Kier alpha value is -3.28. The SMILES string of the molecule is Cc1cccc(C)c1NC(=O)COC(=O)/C=C/c1ccc2c(c1)OCCCO2. The highest BCUT2D eigenvalue weighted by Gasteiger charge is 2.11. The largest absolute Gasteiger partial charge is 0.490 e. The van der Waals surface area contributed by atoms with Crippen LogP contribution in [0.1, 0.15) is 23.1 Å². The molecule has 2 aromatic carbocycles. The topological polar surface area (TPSA) is 73.9 Å². The van der Waals surface area contributed by atoms with E-state index in [1.165, 1.54) is 6.08 Å². The first-order valence-electron chi connectivity index (χ1n) is 9.13. The third kappa shape index (κ3) is 5.13. The van der Waals surface area contributed by atoms with Crippen LogP contribution >= 0.6 is 0 Å². The predicted molar refractivity (Wildman–Crippen MR) is 107 cm³/mol. The molecule has 28 heavy (non-hydrogen) atoms. The summed E-state index contributed by atoms with van der Waals surface area (Å²) in [4.78, 5) is 24.0. The van der Waals surface area contributed by atoms with Gasteiger partial charge in [0.15, 0.2) is 18.1 Å². The third-order valence-corrected chi connectivity index (χ3v) is 4.27. The van der Waals surface area contributed by atoms with Gasteiger partial charge in [0.25, 0.3) is 5.91 Å². The third-order valence-electron chi connectivity index (χ3n) is 4.27. The quantitative estimate of drug-likeness (QED) is 0.632. The summed E-state index contributed by atoms with van der Waals surface area (Å²) in [5.41, 5.74) is 3.43. The minimum Gasteiger partial charge on any atom is -0.490 e. The number of fused-ring (bicyclic) bond motifs is 1. The summed E-state index contributed by atoms with van der Waals surface area (Å²) in [7, 11) is 0. The van der Waals surface area contributed by atoms with Crippen molar-refractivity contribution in [3.8, 4) is 11.5 Å². The molecule has 1 N–H and O–H groups in total. The Bertz CT molecular complexity index is 884. The van der Waals surface area contributed by atoms with Crippen molar-refractivity contribution < 1.29 is 23.8 Å². The summed E-state index contributed by atoms with van der Waals surface area (Å²) in [6.45, 7) is 4.69. The second-order valence-corrected chi connectivity index (χ2v) is 6.51. The zero-order valence-corrected chi connectivity index (χ0v) is 16.0. The number of hydrogen-bond acceptors (Lipinski definition) is 5. The number of benzene rings is 2. The van der Waals surface area contributed by atoms with E-state index in [2.05, 4.69) is 5.32 Å². The molecule has 0 aliphatic carbocycles. The van der Waals surface area contributed by atoms with Crippen molar-refractivity contribution in [2.24, 2.45) is 0 Å². The van der Waals surface area contributed by atoms with Crippen LogP contribution in [-0.2, 0) is 14.3 Å². The van der Waals surface area contributed by atoms with Crippen LogP contribution < -0.4 is 14.8 Å². The van der Waals surface area contributed by atoms with Gasteiger partial charge >= 0.3 is 5.97 Å². The van der Waals surface area contributed by atoms with Crippen molar-refractivity contribution in [2.75, 3.05) is 25.1 Å².